The number of nitrogens with one attached hydrogen (secondary N) is 1. The van der Waals surface area contributed by atoms with Gasteiger partial charge < -0.3 is 10.1 Å². The molecular weight excluding hydrogens is 293 g/mol. The van der Waals surface area contributed by atoms with E-state index in [0.29, 0.717) is 5.75 Å². The Morgan fingerprint density at radius 3 is 2.62 bits per heavy atom. The summed E-state index contributed by atoms with van der Waals surface area (Å²) < 4.78 is 18.9. The number of anilines is 1. The van der Waals surface area contributed by atoms with Gasteiger partial charge in [0.1, 0.15) is 11.6 Å². The summed E-state index contributed by atoms with van der Waals surface area (Å²) in [5, 5.41) is 2.77. The molecule has 0 saturated heterocycles. The molecule has 110 valence electrons. The number of amides is 1. The van der Waals surface area contributed by atoms with E-state index in [2.05, 4.69) is 5.32 Å². The maximum atomic E-state index is 13.5. The quantitative estimate of drug-likeness (QED) is 0.899. The molecule has 0 aliphatic heterocycles. The van der Waals surface area contributed by atoms with Crippen LogP contribution in [0.25, 0.3) is 0 Å². The van der Waals surface area contributed by atoms with Gasteiger partial charge in [-0.25, -0.2) is 4.39 Å². The van der Waals surface area contributed by atoms with Crippen molar-refractivity contribution in [2.45, 2.75) is 13.3 Å². The Labute approximate surface area is 127 Å². The molecule has 2 rings (SSSR count). The van der Waals surface area contributed by atoms with Gasteiger partial charge >= 0.3 is 0 Å². The smallest absolute Gasteiger partial charge is 0.227 e. The van der Waals surface area contributed by atoms with Gasteiger partial charge in [0.15, 0.2) is 0 Å². The van der Waals surface area contributed by atoms with Gasteiger partial charge in [0.2, 0.25) is 5.91 Å². The first-order valence-corrected chi connectivity index (χ1v) is 6.87. The summed E-state index contributed by atoms with van der Waals surface area (Å²) in [5.41, 5.74) is 1.25. The van der Waals surface area contributed by atoms with Crippen molar-refractivity contribution in [3.05, 3.63) is 58.9 Å². The van der Waals surface area contributed by atoms with Crippen LogP contribution in [0.15, 0.2) is 42.5 Å². The van der Waals surface area contributed by atoms with Crippen molar-refractivity contribution in [3.8, 4) is 5.75 Å². The third kappa shape index (κ3) is 4.76. The molecule has 0 spiro atoms. The third-order valence-electron chi connectivity index (χ3n) is 2.82. The van der Waals surface area contributed by atoms with E-state index in [4.69, 9.17) is 16.3 Å². The van der Waals surface area contributed by atoms with Crippen molar-refractivity contribution < 1.29 is 13.9 Å². The monoisotopic (exact) mass is 307 g/mol. The van der Waals surface area contributed by atoms with E-state index >= 15 is 0 Å². The molecule has 2 aromatic carbocycles. The number of hydrogen-bond donors (Lipinski definition) is 1. The van der Waals surface area contributed by atoms with E-state index in [1.807, 2.05) is 31.2 Å². The maximum absolute atomic E-state index is 13.5. The van der Waals surface area contributed by atoms with E-state index in [1.165, 1.54) is 12.1 Å². The van der Waals surface area contributed by atoms with E-state index < -0.39 is 5.82 Å². The molecule has 0 bridgehead atoms. The van der Waals surface area contributed by atoms with Gasteiger partial charge in [0.05, 0.1) is 18.7 Å². The van der Waals surface area contributed by atoms with Crippen molar-refractivity contribution in [2.75, 3.05) is 11.9 Å². The summed E-state index contributed by atoms with van der Waals surface area (Å²) in [4.78, 5) is 11.7. The Bertz CT molecular complexity index is 629. The molecule has 0 aromatic heterocycles. The van der Waals surface area contributed by atoms with Gasteiger partial charge in [-0.1, -0.05) is 29.3 Å². The molecule has 0 fully saturated rings. The van der Waals surface area contributed by atoms with E-state index in [9.17, 15) is 9.18 Å². The number of benzene rings is 2. The minimum Gasteiger partial charge on any atom is -0.493 e. The third-order valence-corrected chi connectivity index (χ3v) is 3.06. The highest BCUT2D eigenvalue weighted by Crippen LogP contribution is 2.19. The van der Waals surface area contributed by atoms with Gasteiger partial charge in [-0.2, -0.15) is 0 Å². The zero-order valence-corrected chi connectivity index (χ0v) is 12.3. The lowest BCUT2D eigenvalue weighted by Gasteiger charge is -2.08. The second kappa shape index (κ2) is 7.09. The Balaban J connectivity index is 1.81. The van der Waals surface area contributed by atoms with E-state index in [0.717, 1.165) is 11.6 Å². The molecule has 2 aromatic rings. The second-order valence-electron chi connectivity index (χ2n) is 4.58. The lowest BCUT2D eigenvalue weighted by atomic mass is 10.2. The van der Waals surface area contributed by atoms with Crippen LogP contribution in [0.4, 0.5) is 10.1 Å². The Morgan fingerprint density at radius 1 is 1.24 bits per heavy atom. The van der Waals surface area contributed by atoms with Crippen LogP contribution >= 0.6 is 11.6 Å². The first-order valence-electron chi connectivity index (χ1n) is 6.49. The summed E-state index contributed by atoms with van der Waals surface area (Å²) in [6, 6.07) is 11.6. The molecule has 3 nitrogen and oxygen atoms in total. The van der Waals surface area contributed by atoms with Crippen LogP contribution in [0, 0.1) is 12.7 Å². The zero-order valence-electron chi connectivity index (χ0n) is 11.5. The van der Waals surface area contributed by atoms with Crippen molar-refractivity contribution in [1.29, 1.82) is 0 Å². The zero-order chi connectivity index (χ0) is 15.2. The van der Waals surface area contributed by atoms with Crippen LogP contribution in [0.2, 0.25) is 5.02 Å². The summed E-state index contributed by atoms with van der Waals surface area (Å²) in [6.45, 7) is 2.21. The largest absolute Gasteiger partial charge is 0.493 e. The summed E-state index contributed by atoms with van der Waals surface area (Å²) >= 11 is 5.64. The molecule has 0 radical (unpaired) electrons. The Kier molecular flexibility index (Phi) is 5.17. The van der Waals surface area contributed by atoms with Crippen LogP contribution in [-0.4, -0.2) is 12.5 Å². The molecule has 21 heavy (non-hydrogen) atoms. The van der Waals surface area contributed by atoms with Gasteiger partial charge in [0.25, 0.3) is 0 Å². The number of halogens is 2. The summed E-state index contributed by atoms with van der Waals surface area (Å²) in [6.07, 6.45) is 0.135. The van der Waals surface area contributed by atoms with Crippen molar-refractivity contribution in [2.24, 2.45) is 0 Å². The number of aryl methyl sites for hydroxylation is 1. The number of hydrogen-bond acceptors (Lipinski definition) is 2. The average Bonchev–Trinajstić information content (AvgIpc) is 2.44. The molecule has 0 atom stereocenters. The molecule has 5 heteroatoms. The topological polar surface area (TPSA) is 38.3 Å². The van der Waals surface area contributed by atoms with Gasteiger partial charge in [-0.3, -0.25) is 4.79 Å². The first-order chi connectivity index (χ1) is 10.0. The second-order valence-corrected chi connectivity index (χ2v) is 5.02. The predicted octanol–water partition coefficient (Wildman–Crippen LogP) is 4.20. The highest BCUT2D eigenvalue weighted by atomic mass is 35.5. The number of carbonyl (C=O) groups excluding carboxylic acids is 1. The fourth-order valence-corrected chi connectivity index (χ4v) is 1.86. The van der Waals surface area contributed by atoms with Crippen molar-refractivity contribution in [1.82, 2.24) is 0 Å². The first kappa shape index (κ1) is 15.3. The molecule has 0 aliphatic rings. The molecule has 1 amide bonds. The number of carbonyl (C=O) groups is 1. The van der Waals surface area contributed by atoms with Crippen LogP contribution in [0.3, 0.4) is 0 Å². The van der Waals surface area contributed by atoms with E-state index in [1.54, 1.807) is 0 Å². The number of rotatable bonds is 5. The molecular formula is C16H15ClFNO2. The fourth-order valence-electron chi connectivity index (χ4n) is 1.70. The van der Waals surface area contributed by atoms with Crippen molar-refractivity contribution in [3.63, 3.8) is 0 Å². The standard InChI is InChI=1S/C16H15ClFNO2/c1-11-2-5-13(6-3-11)21-9-8-16(20)19-15-7-4-12(17)10-14(15)18/h2-7,10H,8-9H2,1H3,(H,19,20). The lowest BCUT2D eigenvalue weighted by molar-refractivity contribution is -0.116. The maximum Gasteiger partial charge on any atom is 0.227 e. The normalized spacial score (nSPS) is 10.2. The summed E-state index contributed by atoms with van der Waals surface area (Å²) in [5.74, 6) is -0.176. The van der Waals surface area contributed by atoms with Gasteiger partial charge in [-0.15, -0.1) is 0 Å². The molecule has 0 aliphatic carbocycles. The Morgan fingerprint density at radius 2 is 1.95 bits per heavy atom. The van der Waals surface area contributed by atoms with Gasteiger partial charge in [0, 0.05) is 5.02 Å². The highest BCUT2D eigenvalue weighted by Gasteiger charge is 2.07. The molecule has 1 N–H and O–H groups in total. The van der Waals surface area contributed by atoms with Crippen LogP contribution < -0.4 is 10.1 Å². The molecule has 0 unspecified atom stereocenters. The highest BCUT2D eigenvalue weighted by molar-refractivity contribution is 6.30. The predicted molar refractivity (Wildman–Crippen MR) is 81.3 cm³/mol. The SMILES string of the molecule is Cc1ccc(OCCC(=O)Nc2ccc(Cl)cc2F)cc1. The average molecular weight is 308 g/mol. The van der Waals surface area contributed by atoms with Crippen LogP contribution in [0.1, 0.15) is 12.0 Å². The fraction of sp³-hybridized carbons (Fsp3) is 0.188. The molecule has 0 saturated carbocycles. The minimum absolute atomic E-state index is 0.111. The van der Waals surface area contributed by atoms with Crippen LogP contribution in [0.5, 0.6) is 5.75 Å². The summed E-state index contributed by atoms with van der Waals surface area (Å²) in [7, 11) is 0. The minimum atomic E-state index is -0.560. The lowest BCUT2D eigenvalue weighted by Crippen LogP contribution is -2.16. The van der Waals surface area contributed by atoms with Gasteiger partial charge in [-0.05, 0) is 37.3 Å². The molecule has 0 heterocycles. The van der Waals surface area contributed by atoms with Crippen molar-refractivity contribution >= 4 is 23.2 Å². The van der Waals surface area contributed by atoms with E-state index in [-0.39, 0.29) is 29.6 Å². The number of ether oxygens (including phenoxy) is 1. The Hall–Kier alpha value is -2.07. The van der Waals surface area contributed by atoms with Crippen LogP contribution in [-0.2, 0) is 4.79 Å².